The fraction of sp³-hybridized carbons (Fsp3) is 0.591. The molecule has 2 aliphatic heterocycles. The molecule has 3 heterocycles. The minimum absolute atomic E-state index is 0.129. The summed E-state index contributed by atoms with van der Waals surface area (Å²) in [5.41, 5.74) is 6.96. The summed E-state index contributed by atoms with van der Waals surface area (Å²) in [6.45, 7) is 17.3. The molecule has 1 aromatic heterocycles. The number of nitrogens with zero attached hydrogens (tertiary/aromatic N) is 4. The number of hydrogen-bond acceptors (Lipinski definition) is 8. The maximum absolute atomic E-state index is 11.4. The minimum atomic E-state index is -0.268. The zero-order chi connectivity index (χ0) is 38.1. The standard InChI is InChI=1S/C22H30N4O2.C22H29NO2/c1-5-6-7-8-14-12-17-19(20(27)18(14)21-23-25-26-24-21)15-11-13(2)9-10-16(15)22(3,4)28-17;1-5-6-7-8-15-12-19-20(21(24)17(15)13-23)16-11-14(2)9-10-18(16)22(3,4)25-19/h11-12,15-16,27H,5-10H2,1-4H3,(H,23,24,25,26);11-12,16,18,24H,5-10H2,1-4H3. The van der Waals surface area contributed by atoms with E-state index in [9.17, 15) is 15.5 Å². The van der Waals surface area contributed by atoms with E-state index in [1.807, 2.05) is 6.07 Å². The molecular formula is C44H59N5O4. The second-order valence-electron chi connectivity index (χ2n) is 16.9. The number of aromatic hydroxyl groups is 2. The van der Waals surface area contributed by atoms with Crippen molar-refractivity contribution in [3.63, 3.8) is 0 Å². The molecule has 3 aromatic rings. The number of rotatable bonds is 9. The summed E-state index contributed by atoms with van der Waals surface area (Å²) in [7, 11) is 0. The molecule has 0 saturated heterocycles. The predicted molar refractivity (Wildman–Crippen MR) is 208 cm³/mol. The van der Waals surface area contributed by atoms with Crippen molar-refractivity contribution in [1.29, 1.82) is 5.26 Å². The summed E-state index contributed by atoms with van der Waals surface area (Å²) in [4.78, 5) is 0. The number of benzene rings is 2. The number of nitrogens with one attached hydrogen (secondary N) is 1. The molecule has 0 spiro atoms. The zero-order valence-electron chi connectivity index (χ0n) is 33.1. The molecule has 0 radical (unpaired) electrons. The number of aromatic amines is 1. The molecule has 9 heteroatoms. The van der Waals surface area contributed by atoms with Crippen LogP contribution in [0.2, 0.25) is 0 Å². The summed E-state index contributed by atoms with van der Waals surface area (Å²) in [6.07, 6.45) is 17.1. The number of phenolic OH excluding ortho intramolecular Hbond substituents is 2. The lowest BCUT2D eigenvalue weighted by molar-refractivity contribution is 0.0104. The summed E-state index contributed by atoms with van der Waals surface area (Å²) >= 11 is 0. The Bertz CT molecular complexity index is 1900. The first-order valence-corrected chi connectivity index (χ1v) is 19.9. The van der Waals surface area contributed by atoms with Gasteiger partial charge in [0.05, 0.1) is 11.1 Å². The van der Waals surface area contributed by atoms with Crippen LogP contribution in [0.3, 0.4) is 0 Å². The van der Waals surface area contributed by atoms with Crippen LogP contribution in [0.1, 0.15) is 159 Å². The van der Waals surface area contributed by atoms with Gasteiger partial charge in [-0.25, -0.2) is 0 Å². The number of fused-ring (bicyclic) bond motifs is 6. The zero-order valence-corrected chi connectivity index (χ0v) is 33.1. The SMILES string of the molecule is CCCCCc1cc2c(c(O)c1-c1nn[nH]n1)C1C=C(C)CCC1C(C)(C)O2.CCCCCc1cc2c(c(O)c1C#N)C1C=C(C)CCC1C(C)(C)O2. The Morgan fingerprint density at radius 2 is 1.30 bits per heavy atom. The number of nitriles is 1. The van der Waals surface area contributed by atoms with Gasteiger partial charge in [0.15, 0.2) is 0 Å². The van der Waals surface area contributed by atoms with Gasteiger partial charge in [0.25, 0.3) is 0 Å². The smallest absolute Gasteiger partial charge is 0.208 e. The number of tetrazole rings is 1. The van der Waals surface area contributed by atoms with Gasteiger partial charge in [0.1, 0.15) is 40.3 Å². The summed E-state index contributed by atoms with van der Waals surface area (Å²) in [5, 5.41) is 46.6. The Kier molecular flexibility index (Phi) is 11.3. The van der Waals surface area contributed by atoms with Crippen molar-refractivity contribution >= 4 is 0 Å². The predicted octanol–water partition coefficient (Wildman–Crippen LogP) is 10.5. The quantitative estimate of drug-likeness (QED) is 0.147. The van der Waals surface area contributed by atoms with E-state index < -0.39 is 0 Å². The highest BCUT2D eigenvalue weighted by molar-refractivity contribution is 5.74. The van der Waals surface area contributed by atoms with E-state index in [1.54, 1.807) is 0 Å². The molecule has 4 atom stereocenters. The monoisotopic (exact) mass is 721 g/mol. The van der Waals surface area contributed by atoms with Crippen molar-refractivity contribution in [2.45, 2.75) is 155 Å². The number of phenols is 2. The molecule has 2 aliphatic carbocycles. The second kappa shape index (κ2) is 15.6. The number of ether oxygens (including phenoxy) is 2. The second-order valence-corrected chi connectivity index (χ2v) is 16.9. The summed E-state index contributed by atoms with van der Waals surface area (Å²) in [6, 6.07) is 6.36. The van der Waals surface area contributed by atoms with E-state index in [-0.39, 0.29) is 34.5 Å². The van der Waals surface area contributed by atoms with E-state index in [0.717, 1.165) is 111 Å². The van der Waals surface area contributed by atoms with E-state index in [1.165, 1.54) is 11.1 Å². The molecule has 2 aromatic carbocycles. The first-order valence-electron chi connectivity index (χ1n) is 19.9. The van der Waals surface area contributed by atoms with Crippen LogP contribution < -0.4 is 9.47 Å². The Balaban J connectivity index is 0.000000183. The molecule has 0 saturated carbocycles. The number of H-pyrrole nitrogens is 1. The third-order valence-electron chi connectivity index (χ3n) is 12.2. The lowest BCUT2D eigenvalue weighted by atomic mass is 9.67. The van der Waals surface area contributed by atoms with Crippen molar-refractivity contribution in [2.75, 3.05) is 0 Å². The summed E-state index contributed by atoms with van der Waals surface area (Å²) < 4.78 is 12.8. The molecule has 3 N–H and O–H groups in total. The topological polar surface area (TPSA) is 137 Å². The average molecular weight is 722 g/mol. The number of aromatic nitrogens is 4. The highest BCUT2D eigenvalue weighted by Crippen LogP contribution is 2.56. The Labute approximate surface area is 315 Å². The average Bonchev–Trinajstić information content (AvgIpc) is 3.62. The number of hydrogen-bond donors (Lipinski definition) is 3. The first-order chi connectivity index (χ1) is 25.3. The summed E-state index contributed by atoms with van der Waals surface area (Å²) in [5.74, 6) is 3.33. The van der Waals surface area contributed by atoms with Gasteiger partial charge >= 0.3 is 0 Å². The van der Waals surface area contributed by atoms with Gasteiger partial charge < -0.3 is 19.7 Å². The van der Waals surface area contributed by atoms with Gasteiger partial charge in [-0.15, -0.1) is 10.2 Å². The Morgan fingerprint density at radius 1 is 0.792 bits per heavy atom. The maximum atomic E-state index is 11.4. The van der Waals surface area contributed by atoms with Gasteiger partial charge in [-0.3, -0.25) is 0 Å². The van der Waals surface area contributed by atoms with Crippen molar-refractivity contribution in [3.05, 3.63) is 63.2 Å². The van der Waals surface area contributed by atoms with Crippen molar-refractivity contribution in [1.82, 2.24) is 20.6 Å². The lowest BCUT2D eigenvalue weighted by Gasteiger charge is -2.46. The maximum Gasteiger partial charge on any atom is 0.208 e. The van der Waals surface area contributed by atoms with Crippen LogP contribution >= 0.6 is 0 Å². The minimum Gasteiger partial charge on any atom is -0.507 e. The van der Waals surface area contributed by atoms with E-state index in [2.05, 4.69) is 100 Å². The molecule has 7 rings (SSSR count). The van der Waals surface area contributed by atoms with Gasteiger partial charge in [-0.2, -0.15) is 10.5 Å². The van der Waals surface area contributed by atoms with Crippen molar-refractivity contribution in [3.8, 4) is 40.5 Å². The third kappa shape index (κ3) is 7.57. The molecule has 9 nitrogen and oxygen atoms in total. The van der Waals surface area contributed by atoms with Gasteiger partial charge in [0, 0.05) is 34.8 Å². The molecule has 0 fully saturated rings. The largest absolute Gasteiger partial charge is 0.507 e. The molecule has 0 amide bonds. The first kappa shape index (κ1) is 38.4. The highest BCUT2D eigenvalue weighted by atomic mass is 16.5. The molecular weight excluding hydrogens is 663 g/mol. The van der Waals surface area contributed by atoms with Crippen LogP contribution in [0.5, 0.6) is 23.0 Å². The van der Waals surface area contributed by atoms with Gasteiger partial charge in [-0.1, -0.05) is 62.8 Å². The third-order valence-corrected chi connectivity index (χ3v) is 12.2. The molecule has 0 bridgehead atoms. The van der Waals surface area contributed by atoms with Crippen LogP contribution in [-0.2, 0) is 12.8 Å². The Morgan fingerprint density at radius 3 is 1.79 bits per heavy atom. The molecule has 4 aliphatic rings. The van der Waals surface area contributed by atoms with Gasteiger partial charge in [-0.05, 0) is 121 Å². The van der Waals surface area contributed by atoms with E-state index >= 15 is 0 Å². The molecule has 53 heavy (non-hydrogen) atoms. The number of aryl methyl sites for hydroxylation is 2. The Hall–Kier alpha value is -4.32. The normalized spacial score (nSPS) is 23.2. The van der Waals surface area contributed by atoms with Crippen LogP contribution in [0, 0.1) is 23.2 Å². The van der Waals surface area contributed by atoms with Crippen molar-refractivity contribution < 1.29 is 19.7 Å². The lowest BCUT2D eigenvalue weighted by Crippen LogP contribution is -2.45. The molecule has 284 valence electrons. The fourth-order valence-electron chi connectivity index (χ4n) is 9.39. The van der Waals surface area contributed by atoms with Gasteiger partial charge in [0.2, 0.25) is 5.82 Å². The van der Waals surface area contributed by atoms with E-state index in [4.69, 9.17) is 9.47 Å². The van der Waals surface area contributed by atoms with Crippen LogP contribution in [0.25, 0.3) is 11.4 Å². The van der Waals surface area contributed by atoms with Crippen LogP contribution in [0.15, 0.2) is 35.4 Å². The number of unbranched alkanes of at least 4 members (excludes halogenated alkanes) is 4. The highest BCUT2D eigenvalue weighted by Gasteiger charge is 2.47. The van der Waals surface area contributed by atoms with Crippen molar-refractivity contribution in [2.24, 2.45) is 11.8 Å². The molecule has 4 unspecified atom stereocenters. The van der Waals surface area contributed by atoms with Crippen LogP contribution in [-0.4, -0.2) is 42.0 Å². The van der Waals surface area contributed by atoms with E-state index in [0.29, 0.717) is 28.8 Å². The fourth-order valence-corrected chi connectivity index (χ4v) is 9.39. The number of allylic oxidation sites excluding steroid dienone is 4. The van der Waals surface area contributed by atoms with Crippen LogP contribution in [0.4, 0.5) is 0 Å².